The number of hydrogen-bond donors (Lipinski definition) is 3. The van der Waals surface area contributed by atoms with Gasteiger partial charge < -0.3 is 11.5 Å². The quantitative estimate of drug-likeness (QED) is 0.485. The fourth-order valence-corrected chi connectivity index (χ4v) is 0.652. The molecular formula is C5H8N4O. The highest BCUT2D eigenvalue weighted by molar-refractivity contribution is 5.93. The van der Waals surface area contributed by atoms with Gasteiger partial charge in [-0.05, 0) is 6.92 Å². The molecule has 0 atom stereocenters. The lowest BCUT2D eigenvalue weighted by Crippen LogP contribution is -2.12. The second-order valence-electron chi connectivity index (χ2n) is 1.97. The Morgan fingerprint density at radius 1 is 1.70 bits per heavy atom. The third kappa shape index (κ3) is 0.812. The van der Waals surface area contributed by atoms with E-state index >= 15 is 0 Å². The molecule has 1 aromatic rings. The number of rotatable bonds is 1. The number of anilines is 1. The Morgan fingerprint density at radius 2 is 2.30 bits per heavy atom. The number of amides is 1. The van der Waals surface area contributed by atoms with Crippen LogP contribution in [0.15, 0.2) is 0 Å². The summed E-state index contributed by atoms with van der Waals surface area (Å²) in [4.78, 5) is 10.5. The highest BCUT2D eigenvalue weighted by Crippen LogP contribution is 2.09. The van der Waals surface area contributed by atoms with Crippen LogP contribution in [0, 0.1) is 6.92 Å². The molecule has 1 rings (SSSR count). The number of hydrogen-bond acceptors (Lipinski definition) is 3. The Hall–Kier alpha value is -1.52. The van der Waals surface area contributed by atoms with Gasteiger partial charge in [-0.25, -0.2) is 0 Å². The van der Waals surface area contributed by atoms with Gasteiger partial charge >= 0.3 is 0 Å². The monoisotopic (exact) mass is 140 g/mol. The molecule has 1 aromatic heterocycles. The van der Waals surface area contributed by atoms with Gasteiger partial charge in [0.05, 0.1) is 0 Å². The maximum atomic E-state index is 10.5. The van der Waals surface area contributed by atoms with Gasteiger partial charge in [-0.3, -0.25) is 9.89 Å². The predicted octanol–water partition coefficient (Wildman–Crippen LogP) is -0.601. The van der Waals surface area contributed by atoms with E-state index in [1.165, 1.54) is 0 Å². The largest absolute Gasteiger partial charge is 0.382 e. The maximum absolute atomic E-state index is 10.5. The van der Waals surface area contributed by atoms with Crippen LogP contribution >= 0.6 is 0 Å². The molecule has 0 aliphatic carbocycles. The van der Waals surface area contributed by atoms with Crippen molar-refractivity contribution in [2.75, 3.05) is 5.73 Å². The fraction of sp³-hybridized carbons (Fsp3) is 0.200. The SMILES string of the molecule is Cc1c(N)n[nH]c1C(N)=O. The van der Waals surface area contributed by atoms with Crippen LogP contribution in [0.2, 0.25) is 0 Å². The molecule has 5 nitrogen and oxygen atoms in total. The molecule has 0 aliphatic rings. The van der Waals surface area contributed by atoms with Gasteiger partial charge in [0.1, 0.15) is 11.5 Å². The van der Waals surface area contributed by atoms with Gasteiger partial charge in [0, 0.05) is 5.56 Å². The molecule has 10 heavy (non-hydrogen) atoms. The zero-order chi connectivity index (χ0) is 7.72. The summed E-state index contributed by atoms with van der Waals surface area (Å²) in [6, 6.07) is 0. The van der Waals surface area contributed by atoms with Gasteiger partial charge in [-0.2, -0.15) is 5.10 Å². The number of nitrogens with zero attached hydrogens (tertiary/aromatic N) is 1. The van der Waals surface area contributed by atoms with Gasteiger partial charge in [-0.15, -0.1) is 0 Å². The van der Waals surface area contributed by atoms with E-state index in [2.05, 4.69) is 10.2 Å². The minimum Gasteiger partial charge on any atom is -0.382 e. The molecule has 0 radical (unpaired) electrons. The van der Waals surface area contributed by atoms with E-state index < -0.39 is 5.91 Å². The molecule has 1 amide bonds. The Labute approximate surface area is 57.4 Å². The number of carbonyl (C=O) groups excluding carboxylic acids is 1. The Morgan fingerprint density at radius 3 is 2.50 bits per heavy atom. The number of aromatic amines is 1. The van der Waals surface area contributed by atoms with E-state index in [1.54, 1.807) is 6.92 Å². The average Bonchev–Trinajstić information content (AvgIpc) is 2.14. The predicted molar refractivity (Wildman–Crippen MR) is 36.3 cm³/mol. The van der Waals surface area contributed by atoms with Crippen molar-refractivity contribution < 1.29 is 4.79 Å². The van der Waals surface area contributed by atoms with Crippen LogP contribution < -0.4 is 11.5 Å². The van der Waals surface area contributed by atoms with Crippen LogP contribution in [0.3, 0.4) is 0 Å². The molecule has 0 aliphatic heterocycles. The number of primary amides is 1. The zero-order valence-electron chi connectivity index (χ0n) is 5.51. The van der Waals surface area contributed by atoms with Crippen LogP contribution in [0.1, 0.15) is 16.1 Å². The maximum Gasteiger partial charge on any atom is 0.267 e. The van der Waals surface area contributed by atoms with Crippen LogP contribution in [0.4, 0.5) is 5.82 Å². The summed E-state index contributed by atoms with van der Waals surface area (Å²) < 4.78 is 0. The van der Waals surface area contributed by atoms with Gasteiger partial charge in [0.15, 0.2) is 0 Å². The number of nitrogens with two attached hydrogens (primary N) is 2. The number of aromatic nitrogens is 2. The summed E-state index contributed by atoms with van der Waals surface area (Å²) >= 11 is 0. The number of nitrogens with one attached hydrogen (secondary N) is 1. The second-order valence-corrected chi connectivity index (χ2v) is 1.97. The van der Waals surface area contributed by atoms with Crippen LogP contribution in [-0.2, 0) is 0 Å². The van der Waals surface area contributed by atoms with Crippen LogP contribution in [0.5, 0.6) is 0 Å². The molecule has 5 N–H and O–H groups in total. The molecule has 0 fully saturated rings. The lowest BCUT2D eigenvalue weighted by atomic mass is 10.2. The van der Waals surface area contributed by atoms with Crippen molar-refractivity contribution in [1.82, 2.24) is 10.2 Å². The van der Waals surface area contributed by atoms with E-state index in [0.717, 1.165) is 0 Å². The molecule has 0 saturated heterocycles. The van der Waals surface area contributed by atoms with Gasteiger partial charge in [0.2, 0.25) is 0 Å². The van der Waals surface area contributed by atoms with E-state index in [9.17, 15) is 4.79 Å². The minimum atomic E-state index is -0.540. The van der Waals surface area contributed by atoms with E-state index in [-0.39, 0.29) is 5.69 Å². The fourth-order valence-electron chi connectivity index (χ4n) is 0.652. The van der Waals surface area contributed by atoms with Crippen molar-refractivity contribution in [3.63, 3.8) is 0 Å². The van der Waals surface area contributed by atoms with Crippen molar-refractivity contribution in [2.45, 2.75) is 6.92 Å². The molecule has 0 spiro atoms. The van der Waals surface area contributed by atoms with Crippen LogP contribution in [0.25, 0.3) is 0 Å². The topological polar surface area (TPSA) is 97.8 Å². The third-order valence-electron chi connectivity index (χ3n) is 1.29. The van der Waals surface area contributed by atoms with Crippen LogP contribution in [-0.4, -0.2) is 16.1 Å². The second kappa shape index (κ2) is 2.02. The number of nitrogen functional groups attached to an aromatic ring is 1. The molecule has 0 bridgehead atoms. The standard InChI is InChI=1S/C5H8N4O/c1-2-3(5(7)10)8-9-4(2)6/h1H3,(H2,7,10)(H3,6,8,9). The minimum absolute atomic E-state index is 0.275. The molecule has 0 aromatic carbocycles. The van der Waals surface area contributed by atoms with Crippen molar-refractivity contribution in [1.29, 1.82) is 0 Å². The molecule has 0 saturated carbocycles. The smallest absolute Gasteiger partial charge is 0.267 e. The Balaban J connectivity index is 3.17. The van der Waals surface area contributed by atoms with E-state index in [1.807, 2.05) is 0 Å². The first kappa shape index (κ1) is 6.60. The summed E-state index contributed by atoms with van der Waals surface area (Å²) in [6.45, 7) is 1.68. The Bertz CT molecular complexity index is 265. The van der Waals surface area contributed by atoms with E-state index in [0.29, 0.717) is 11.4 Å². The first-order chi connectivity index (χ1) is 4.63. The summed E-state index contributed by atoms with van der Waals surface area (Å²) in [5, 5.41) is 6.01. The van der Waals surface area contributed by atoms with Crippen molar-refractivity contribution in [2.24, 2.45) is 5.73 Å². The summed E-state index contributed by atoms with van der Waals surface area (Å²) in [5.74, 6) is -0.226. The first-order valence-electron chi connectivity index (χ1n) is 2.73. The van der Waals surface area contributed by atoms with Gasteiger partial charge in [-0.1, -0.05) is 0 Å². The van der Waals surface area contributed by atoms with Crippen molar-refractivity contribution >= 4 is 11.7 Å². The molecule has 54 valence electrons. The average molecular weight is 140 g/mol. The molecule has 5 heteroatoms. The lowest BCUT2D eigenvalue weighted by Gasteiger charge is -1.88. The highest BCUT2D eigenvalue weighted by Gasteiger charge is 2.09. The lowest BCUT2D eigenvalue weighted by molar-refractivity contribution is 0.0995. The normalized spacial score (nSPS) is 9.70. The summed E-state index contributed by atoms with van der Waals surface area (Å²) in [5.41, 5.74) is 11.2. The zero-order valence-corrected chi connectivity index (χ0v) is 5.51. The summed E-state index contributed by atoms with van der Waals surface area (Å²) in [7, 11) is 0. The van der Waals surface area contributed by atoms with E-state index in [4.69, 9.17) is 11.5 Å². The molecule has 0 unspecified atom stereocenters. The highest BCUT2D eigenvalue weighted by atomic mass is 16.1. The van der Waals surface area contributed by atoms with Gasteiger partial charge in [0.25, 0.3) is 5.91 Å². The number of H-pyrrole nitrogens is 1. The van der Waals surface area contributed by atoms with Crippen molar-refractivity contribution in [3.05, 3.63) is 11.3 Å². The molecule has 1 heterocycles. The van der Waals surface area contributed by atoms with Crippen molar-refractivity contribution in [3.8, 4) is 0 Å². The summed E-state index contributed by atoms with van der Waals surface area (Å²) in [6.07, 6.45) is 0. The number of carbonyl (C=O) groups is 1. The first-order valence-corrected chi connectivity index (χ1v) is 2.73. The third-order valence-corrected chi connectivity index (χ3v) is 1.29. The Kier molecular flexibility index (Phi) is 1.33. The molecular weight excluding hydrogens is 132 g/mol.